The van der Waals surface area contributed by atoms with Crippen molar-refractivity contribution in [3.63, 3.8) is 0 Å². The first-order valence-corrected chi connectivity index (χ1v) is 9.82. The first-order valence-electron chi connectivity index (χ1n) is 7.50. The Morgan fingerprint density at radius 2 is 2.23 bits per heavy atom. The van der Waals surface area contributed by atoms with Crippen LogP contribution in [0, 0.1) is 6.92 Å². The van der Waals surface area contributed by atoms with Gasteiger partial charge in [-0.1, -0.05) is 0 Å². The van der Waals surface area contributed by atoms with E-state index in [1.54, 1.807) is 12.3 Å². The topological polar surface area (TPSA) is 118 Å². The summed E-state index contributed by atoms with van der Waals surface area (Å²) < 4.78 is 31.9. The molecule has 0 unspecified atom stereocenters. The summed E-state index contributed by atoms with van der Waals surface area (Å²) in [5.41, 5.74) is 0.851. The molecule has 0 fully saturated rings. The van der Waals surface area contributed by atoms with Crippen molar-refractivity contribution in [1.29, 1.82) is 0 Å². The molecule has 0 saturated heterocycles. The summed E-state index contributed by atoms with van der Waals surface area (Å²) in [5, 5.41) is 7.26. The van der Waals surface area contributed by atoms with Crippen LogP contribution in [0.2, 0.25) is 0 Å². The number of nitrogens with zero attached hydrogens (tertiary/aromatic N) is 2. The van der Waals surface area contributed by atoms with Gasteiger partial charge >= 0.3 is 0 Å². The summed E-state index contributed by atoms with van der Waals surface area (Å²) in [4.78, 5) is 27.3. The number of thiazole rings is 1. The lowest BCUT2D eigenvalue weighted by Gasteiger charge is -2.22. The van der Waals surface area contributed by atoms with E-state index in [1.165, 1.54) is 36.7 Å². The van der Waals surface area contributed by atoms with Gasteiger partial charge in [-0.25, -0.2) is 13.4 Å². The van der Waals surface area contributed by atoms with E-state index in [9.17, 15) is 18.0 Å². The van der Waals surface area contributed by atoms with Gasteiger partial charge in [0.25, 0.3) is 5.91 Å². The number of hydrogen-bond donors (Lipinski definition) is 2. The van der Waals surface area contributed by atoms with E-state index in [0.717, 1.165) is 4.31 Å². The molecule has 0 atom stereocenters. The van der Waals surface area contributed by atoms with E-state index in [2.05, 4.69) is 15.6 Å². The molecule has 2 aromatic rings. The van der Waals surface area contributed by atoms with Crippen LogP contribution in [0.25, 0.3) is 0 Å². The Morgan fingerprint density at radius 1 is 1.46 bits per heavy atom. The predicted molar refractivity (Wildman–Crippen MR) is 95.9 cm³/mol. The maximum atomic E-state index is 12.8. The number of carbonyl (C=O) groups excluding carboxylic acids is 2. The van der Waals surface area contributed by atoms with Crippen molar-refractivity contribution in [2.75, 3.05) is 30.8 Å². The zero-order chi connectivity index (χ0) is 18.9. The summed E-state index contributed by atoms with van der Waals surface area (Å²) in [5.74, 6) is -0.525. The number of anilines is 2. The highest BCUT2D eigenvalue weighted by atomic mass is 32.2. The Labute approximate surface area is 154 Å². The lowest BCUT2D eigenvalue weighted by atomic mass is 10.2. The van der Waals surface area contributed by atoms with Crippen LogP contribution < -0.4 is 15.4 Å². The number of rotatable bonds is 5. The molecule has 0 radical (unpaired) electrons. The number of benzene rings is 1. The summed E-state index contributed by atoms with van der Waals surface area (Å²) in [6.07, 6.45) is 1.54. The number of sulfonamides is 1. The standard InChI is InChI=1S/C15H16N4O5S2/c1-9-5-10-11(24-8-14(21)17-10)6-12(9)26(22,23)19(2)7-13(20)18-15-16-3-4-25-15/h3-6H,7-8H2,1-2H3,(H,17,21)(H,16,18,20). The van der Waals surface area contributed by atoms with Gasteiger partial charge in [0, 0.05) is 24.7 Å². The quantitative estimate of drug-likeness (QED) is 0.780. The number of ether oxygens (including phenoxy) is 1. The van der Waals surface area contributed by atoms with Gasteiger partial charge in [-0.3, -0.25) is 9.59 Å². The molecule has 0 bridgehead atoms. The zero-order valence-corrected chi connectivity index (χ0v) is 15.6. The molecule has 1 aliphatic heterocycles. The predicted octanol–water partition coefficient (Wildman–Crippen LogP) is 1.04. The molecule has 3 rings (SSSR count). The monoisotopic (exact) mass is 396 g/mol. The molecule has 0 saturated carbocycles. The van der Waals surface area contributed by atoms with Gasteiger partial charge < -0.3 is 15.4 Å². The lowest BCUT2D eigenvalue weighted by Crippen LogP contribution is -2.35. The normalized spacial score (nSPS) is 13.7. The maximum Gasteiger partial charge on any atom is 0.262 e. The average molecular weight is 396 g/mol. The van der Waals surface area contributed by atoms with Crippen LogP contribution in [-0.2, 0) is 19.6 Å². The second-order valence-corrected chi connectivity index (χ2v) is 8.51. The lowest BCUT2D eigenvalue weighted by molar-refractivity contribution is -0.118. The van der Waals surface area contributed by atoms with Crippen LogP contribution in [-0.4, -0.2) is 49.7 Å². The minimum Gasteiger partial charge on any atom is -0.482 e. The maximum absolute atomic E-state index is 12.8. The molecule has 2 amide bonds. The van der Waals surface area contributed by atoms with E-state index in [1.807, 2.05) is 0 Å². The fraction of sp³-hybridized carbons (Fsp3) is 0.267. The number of hydrogen-bond acceptors (Lipinski definition) is 7. The van der Waals surface area contributed by atoms with Crippen molar-refractivity contribution in [3.8, 4) is 5.75 Å². The Hall–Kier alpha value is -2.50. The van der Waals surface area contributed by atoms with E-state index in [-0.39, 0.29) is 29.7 Å². The molecule has 0 spiro atoms. The fourth-order valence-electron chi connectivity index (χ4n) is 2.39. The molecular formula is C15H16N4O5S2. The molecular weight excluding hydrogens is 380 g/mol. The molecule has 138 valence electrons. The molecule has 26 heavy (non-hydrogen) atoms. The third-order valence-electron chi connectivity index (χ3n) is 3.64. The minimum atomic E-state index is -3.93. The number of likely N-dealkylation sites (N-methyl/N-ethyl adjacent to an activating group) is 1. The molecule has 1 aromatic heterocycles. The van der Waals surface area contributed by atoms with Crippen LogP contribution in [0.5, 0.6) is 5.75 Å². The van der Waals surface area contributed by atoms with Crippen LogP contribution >= 0.6 is 11.3 Å². The number of nitrogens with one attached hydrogen (secondary N) is 2. The smallest absolute Gasteiger partial charge is 0.262 e. The second kappa shape index (κ2) is 7.02. The number of aryl methyl sites for hydroxylation is 1. The van der Waals surface area contributed by atoms with Gasteiger partial charge in [0.1, 0.15) is 5.75 Å². The summed E-state index contributed by atoms with van der Waals surface area (Å²) in [6.45, 7) is 1.06. The summed E-state index contributed by atoms with van der Waals surface area (Å²) >= 11 is 1.24. The summed E-state index contributed by atoms with van der Waals surface area (Å²) in [7, 11) is -2.61. The average Bonchev–Trinajstić information content (AvgIpc) is 3.06. The number of fused-ring (bicyclic) bond motifs is 1. The SMILES string of the molecule is Cc1cc2c(cc1S(=O)(=O)N(C)CC(=O)Nc1nccs1)OCC(=O)N2. The van der Waals surface area contributed by atoms with Gasteiger partial charge in [-0.2, -0.15) is 4.31 Å². The van der Waals surface area contributed by atoms with E-state index in [4.69, 9.17) is 4.74 Å². The first-order chi connectivity index (χ1) is 12.3. The van der Waals surface area contributed by atoms with E-state index in [0.29, 0.717) is 16.4 Å². The molecule has 11 heteroatoms. The van der Waals surface area contributed by atoms with Crippen molar-refractivity contribution in [1.82, 2.24) is 9.29 Å². The summed E-state index contributed by atoms with van der Waals surface area (Å²) in [6, 6.07) is 2.89. The number of amides is 2. The molecule has 1 aliphatic rings. The highest BCUT2D eigenvalue weighted by Crippen LogP contribution is 2.33. The van der Waals surface area contributed by atoms with Crippen molar-refractivity contribution in [2.45, 2.75) is 11.8 Å². The Balaban J connectivity index is 1.81. The molecule has 2 N–H and O–H groups in total. The second-order valence-electron chi connectivity index (χ2n) is 5.60. The third kappa shape index (κ3) is 3.69. The van der Waals surface area contributed by atoms with E-state index >= 15 is 0 Å². The Bertz CT molecular complexity index is 957. The largest absolute Gasteiger partial charge is 0.482 e. The highest BCUT2D eigenvalue weighted by molar-refractivity contribution is 7.89. The molecule has 9 nitrogen and oxygen atoms in total. The first kappa shape index (κ1) is 18.3. The van der Waals surface area contributed by atoms with Crippen LogP contribution in [0.4, 0.5) is 10.8 Å². The van der Waals surface area contributed by atoms with E-state index < -0.39 is 15.9 Å². The zero-order valence-electron chi connectivity index (χ0n) is 14.0. The van der Waals surface area contributed by atoms with Gasteiger partial charge in [0.05, 0.1) is 17.1 Å². The van der Waals surface area contributed by atoms with Crippen LogP contribution in [0.3, 0.4) is 0 Å². The van der Waals surface area contributed by atoms with Gasteiger partial charge in [-0.05, 0) is 18.6 Å². The Morgan fingerprint density at radius 3 is 2.92 bits per heavy atom. The van der Waals surface area contributed by atoms with Crippen molar-refractivity contribution in [3.05, 3.63) is 29.3 Å². The molecule has 0 aliphatic carbocycles. The molecule has 1 aromatic carbocycles. The van der Waals surface area contributed by atoms with Crippen molar-refractivity contribution < 1.29 is 22.7 Å². The van der Waals surface area contributed by atoms with Gasteiger partial charge in [-0.15, -0.1) is 11.3 Å². The highest BCUT2D eigenvalue weighted by Gasteiger charge is 2.28. The number of carbonyl (C=O) groups is 2. The fourth-order valence-corrected chi connectivity index (χ4v) is 4.28. The van der Waals surface area contributed by atoms with Gasteiger partial charge in [0.2, 0.25) is 15.9 Å². The van der Waals surface area contributed by atoms with Gasteiger partial charge in [0.15, 0.2) is 11.7 Å². The Kier molecular flexibility index (Phi) is 4.94. The minimum absolute atomic E-state index is 0.0111. The van der Waals surface area contributed by atoms with Crippen LogP contribution in [0.15, 0.2) is 28.6 Å². The number of aromatic nitrogens is 1. The van der Waals surface area contributed by atoms with Crippen molar-refractivity contribution in [2.24, 2.45) is 0 Å². The van der Waals surface area contributed by atoms with Crippen molar-refractivity contribution >= 4 is 44.0 Å². The third-order valence-corrected chi connectivity index (χ3v) is 6.28. The molecule has 2 heterocycles. The van der Waals surface area contributed by atoms with Crippen LogP contribution in [0.1, 0.15) is 5.56 Å².